The fourth-order valence-corrected chi connectivity index (χ4v) is 7.95. The average Bonchev–Trinajstić information content (AvgIpc) is 3.00. The summed E-state index contributed by atoms with van der Waals surface area (Å²) >= 11 is 0. The molecule has 3 saturated carbocycles. The Morgan fingerprint density at radius 1 is 1.28 bits per heavy atom. The van der Waals surface area contributed by atoms with Gasteiger partial charge in [0.2, 0.25) is 0 Å². The number of carbonyl (C=O) groups excluding carboxylic acids is 2. The van der Waals surface area contributed by atoms with Gasteiger partial charge in [0.05, 0.1) is 6.10 Å². The van der Waals surface area contributed by atoms with Gasteiger partial charge in [-0.05, 0) is 62.0 Å². The monoisotopic (exact) mass is 444 g/mol. The molecule has 8 atom stereocenters. The molecule has 0 spiro atoms. The number of Topliss-reactive ketones (excluding diaryl/α,β-unsaturated/α-hetero) is 1. The summed E-state index contributed by atoms with van der Waals surface area (Å²) < 4.78 is 5.63. The van der Waals surface area contributed by atoms with E-state index in [1.165, 1.54) is 0 Å². The zero-order valence-corrected chi connectivity index (χ0v) is 20.1. The third-order valence-electron chi connectivity index (χ3n) is 9.56. The Labute approximate surface area is 192 Å². The normalized spacial score (nSPS) is 45.1. The molecule has 2 unspecified atom stereocenters. The van der Waals surface area contributed by atoms with Crippen LogP contribution in [0.15, 0.2) is 23.8 Å². The van der Waals surface area contributed by atoms with Crippen LogP contribution in [0.1, 0.15) is 72.6 Å². The smallest absolute Gasteiger partial charge is 0.190 e. The first-order valence-electron chi connectivity index (χ1n) is 12.5. The van der Waals surface area contributed by atoms with Crippen molar-refractivity contribution in [3.63, 3.8) is 0 Å². The molecule has 0 aromatic heterocycles. The van der Waals surface area contributed by atoms with Crippen molar-refractivity contribution in [1.82, 2.24) is 0 Å². The number of aliphatic hydroxyl groups excluding tert-OH is 1. The van der Waals surface area contributed by atoms with Crippen LogP contribution in [0, 0.1) is 34.5 Å². The molecule has 5 nitrogen and oxygen atoms in total. The SMILES string of the molecule is CCCCCOCC(=O)[C@@]1(O)CC[C@H]2[C@@H]3CC(C)C4=CC(=O)C=C[C@]4(C)[C@H]3C(O)C[C@@]21C. The largest absolute Gasteiger partial charge is 0.393 e. The van der Waals surface area contributed by atoms with Crippen LogP contribution in [0.4, 0.5) is 0 Å². The van der Waals surface area contributed by atoms with E-state index in [1.807, 2.05) is 13.0 Å². The summed E-state index contributed by atoms with van der Waals surface area (Å²) in [7, 11) is 0. The number of hydrogen-bond acceptors (Lipinski definition) is 5. The number of unbranched alkanes of at least 4 members (excludes halogenated alkanes) is 2. The van der Waals surface area contributed by atoms with Crippen LogP contribution in [0.2, 0.25) is 0 Å². The van der Waals surface area contributed by atoms with Crippen molar-refractivity contribution in [3.05, 3.63) is 23.8 Å². The third kappa shape index (κ3) is 3.47. The minimum absolute atomic E-state index is 0.00452. The molecule has 5 heteroatoms. The molecule has 0 bridgehead atoms. The molecule has 4 aliphatic carbocycles. The molecule has 4 aliphatic rings. The summed E-state index contributed by atoms with van der Waals surface area (Å²) in [4.78, 5) is 25.3. The van der Waals surface area contributed by atoms with Gasteiger partial charge in [-0.25, -0.2) is 0 Å². The van der Waals surface area contributed by atoms with E-state index >= 15 is 0 Å². The van der Waals surface area contributed by atoms with Crippen LogP contribution < -0.4 is 0 Å². The predicted octanol–water partition coefficient (Wildman–Crippen LogP) is 4.02. The quantitative estimate of drug-likeness (QED) is 0.580. The van der Waals surface area contributed by atoms with Crippen molar-refractivity contribution < 1.29 is 24.5 Å². The van der Waals surface area contributed by atoms with Gasteiger partial charge in [0.1, 0.15) is 12.2 Å². The third-order valence-corrected chi connectivity index (χ3v) is 9.56. The molecule has 0 saturated heterocycles. The summed E-state index contributed by atoms with van der Waals surface area (Å²) in [6.07, 6.45) is 10.4. The van der Waals surface area contributed by atoms with E-state index in [0.29, 0.717) is 19.4 Å². The fourth-order valence-electron chi connectivity index (χ4n) is 7.95. The minimum atomic E-state index is -1.45. The first-order valence-corrected chi connectivity index (χ1v) is 12.5. The summed E-state index contributed by atoms with van der Waals surface area (Å²) in [6, 6.07) is 0. The van der Waals surface area contributed by atoms with E-state index in [-0.39, 0.29) is 47.3 Å². The molecule has 2 N–H and O–H groups in total. The van der Waals surface area contributed by atoms with Gasteiger partial charge in [0.15, 0.2) is 11.6 Å². The van der Waals surface area contributed by atoms with Crippen molar-refractivity contribution in [3.8, 4) is 0 Å². The average molecular weight is 445 g/mol. The molecular weight excluding hydrogens is 404 g/mol. The molecule has 0 aromatic rings. The molecule has 4 rings (SSSR count). The number of fused-ring (bicyclic) bond motifs is 5. The highest BCUT2D eigenvalue weighted by atomic mass is 16.5. The maximum Gasteiger partial charge on any atom is 0.190 e. The van der Waals surface area contributed by atoms with Crippen molar-refractivity contribution in [2.75, 3.05) is 13.2 Å². The van der Waals surface area contributed by atoms with Gasteiger partial charge in [0.25, 0.3) is 0 Å². The number of carbonyl (C=O) groups is 2. The van der Waals surface area contributed by atoms with Gasteiger partial charge in [-0.2, -0.15) is 0 Å². The zero-order chi connectivity index (χ0) is 23.3. The maximum atomic E-state index is 13.2. The number of aliphatic hydroxyl groups is 2. The first-order chi connectivity index (χ1) is 15.1. The van der Waals surface area contributed by atoms with E-state index in [2.05, 4.69) is 20.8 Å². The van der Waals surface area contributed by atoms with Crippen LogP contribution in [0.25, 0.3) is 0 Å². The molecule has 3 fully saturated rings. The van der Waals surface area contributed by atoms with Gasteiger partial charge in [-0.3, -0.25) is 9.59 Å². The Morgan fingerprint density at radius 3 is 2.75 bits per heavy atom. The second kappa shape index (κ2) is 8.48. The predicted molar refractivity (Wildman–Crippen MR) is 123 cm³/mol. The minimum Gasteiger partial charge on any atom is -0.393 e. The lowest BCUT2D eigenvalue weighted by molar-refractivity contribution is -0.181. The molecule has 0 amide bonds. The summed E-state index contributed by atoms with van der Waals surface area (Å²) in [5.74, 6) is 0.384. The van der Waals surface area contributed by atoms with Crippen molar-refractivity contribution >= 4 is 11.6 Å². The van der Waals surface area contributed by atoms with E-state index in [4.69, 9.17) is 4.74 Å². The van der Waals surface area contributed by atoms with Crippen molar-refractivity contribution in [1.29, 1.82) is 0 Å². The number of allylic oxidation sites excluding steroid dienone is 4. The van der Waals surface area contributed by atoms with Crippen LogP contribution in [0.3, 0.4) is 0 Å². The molecule has 178 valence electrons. The molecule has 0 radical (unpaired) electrons. The molecule has 32 heavy (non-hydrogen) atoms. The number of rotatable bonds is 7. The number of ether oxygens (including phenoxy) is 1. The topological polar surface area (TPSA) is 83.8 Å². The zero-order valence-electron chi connectivity index (χ0n) is 20.1. The van der Waals surface area contributed by atoms with Gasteiger partial charge in [-0.15, -0.1) is 0 Å². The van der Waals surface area contributed by atoms with Gasteiger partial charge in [-0.1, -0.05) is 52.2 Å². The van der Waals surface area contributed by atoms with Crippen molar-refractivity contribution in [2.45, 2.75) is 84.3 Å². The highest BCUT2D eigenvalue weighted by molar-refractivity contribution is 6.01. The standard InChI is InChI=1S/C27H40O5/c1-5-6-7-12-32-16-23(30)27(31)11-9-20-19-13-17(2)21-14-18(28)8-10-25(21,3)24(19)22(29)15-26(20,27)4/h8,10,14,17,19-20,22,24,29,31H,5-7,9,11-13,15-16H2,1-4H3/t17?,19-,20-,22?,24+,25-,26-,27-/m0/s1. The lowest BCUT2D eigenvalue weighted by atomic mass is 9.45. The van der Waals surface area contributed by atoms with E-state index in [1.54, 1.807) is 12.2 Å². The maximum absolute atomic E-state index is 13.2. The summed E-state index contributed by atoms with van der Waals surface area (Å²) in [5.41, 5.74) is -1.35. The Morgan fingerprint density at radius 2 is 2.03 bits per heavy atom. The second-order valence-electron chi connectivity index (χ2n) is 11.3. The van der Waals surface area contributed by atoms with E-state index < -0.39 is 17.1 Å². The summed E-state index contributed by atoms with van der Waals surface area (Å²) in [5, 5.41) is 23.2. The highest BCUT2D eigenvalue weighted by Crippen LogP contribution is 2.67. The first kappa shape index (κ1) is 23.8. The Hall–Kier alpha value is -1.30. The van der Waals surface area contributed by atoms with Crippen molar-refractivity contribution in [2.24, 2.45) is 34.5 Å². The fraction of sp³-hybridized carbons (Fsp3) is 0.778. The van der Waals surface area contributed by atoms with Crippen LogP contribution in [0.5, 0.6) is 0 Å². The molecule has 0 aliphatic heterocycles. The lowest BCUT2D eigenvalue weighted by Crippen LogP contribution is -2.62. The van der Waals surface area contributed by atoms with Crippen LogP contribution in [-0.2, 0) is 14.3 Å². The molecule has 0 heterocycles. The summed E-state index contributed by atoms with van der Waals surface area (Å²) in [6.45, 7) is 8.94. The molecule has 0 aromatic carbocycles. The molecular formula is C27H40O5. The Bertz CT molecular complexity index is 830. The number of ketones is 2. The van der Waals surface area contributed by atoms with Crippen LogP contribution >= 0.6 is 0 Å². The van der Waals surface area contributed by atoms with Gasteiger partial charge < -0.3 is 14.9 Å². The highest BCUT2D eigenvalue weighted by Gasteiger charge is 2.68. The Balaban J connectivity index is 1.58. The number of hydrogen-bond donors (Lipinski definition) is 2. The van der Waals surface area contributed by atoms with Gasteiger partial charge >= 0.3 is 0 Å². The van der Waals surface area contributed by atoms with E-state index in [9.17, 15) is 19.8 Å². The van der Waals surface area contributed by atoms with Gasteiger partial charge in [0, 0.05) is 23.4 Å². The Kier molecular flexibility index (Phi) is 6.32. The van der Waals surface area contributed by atoms with E-state index in [0.717, 1.165) is 37.7 Å². The second-order valence-corrected chi connectivity index (χ2v) is 11.3. The van der Waals surface area contributed by atoms with Crippen LogP contribution in [-0.4, -0.2) is 46.7 Å². The lowest BCUT2D eigenvalue weighted by Gasteiger charge is -2.60.